The molecule has 1 aliphatic rings. The van der Waals surface area contributed by atoms with E-state index in [0.717, 1.165) is 6.42 Å². The zero-order chi connectivity index (χ0) is 13.5. The summed E-state index contributed by atoms with van der Waals surface area (Å²) in [5, 5.41) is 3.76. The van der Waals surface area contributed by atoms with Gasteiger partial charge in [0.2, 0.25) is 0 Å². The maximum absolute atomic E-state index is 3.76. The van der Waals surface area contributed by atoms with E-state index in [1.807, 2.05) is 0 Å². The van der Waals surface area contributed by atoms with Crippen LogP contribution in [-0.4, -0.2) is 0 Å². The van der Waals surface area contributed by atoms with Crippen molar-refractivity contribution in [1.29, 1.82) is 0 Å². The van der Waals surface area contributed by atoms with E-state index in [-0.39, 0.29) is 5.41 Å². The molecule has 0 fully saturated rings. The number of hydrogen-bond acceptors (Lipinski definition) is 1. The van der Waals surface area contributed by atoms with Crippen LogP contribution in [0.15, 0.2) is 48.5 Å². The smallest absolute Gasteiger partial charge is 0.0570 e. The van der Waals surface area contributed by atoms with Gasteiger partial charge in [-0.1, -0.05) is 56.3 Å². The molecule has 98 valence electrons. The van der Waals surface area contributed by atoms with Crippen molar-refractivity contribution in [2.45, 2.75) is 33.2 Å². The van der Waals surface area contributed by atoms with Crippen LogP contribution < -0.4 is 5.32 Å². The van der Waals surface area contributed by atoms with E-state index in [1.165, 1.54) is 22.4 Å². The van der Waals surface area contributed by atoms with Crippen LogP contribution in [-0.2, 0) is 6.42 Å². The minimum Gasteiger partial charge on any atom is -0.377 e. The average Bonchev–Trinajstić information content (AvgIpc) is 2.63. The highest BCUT2D eigenvalue weighted by atomic mass is 14.9. The van der Waals surface area contributed by atoms with Gasteiger partial charge < -0.3 is 5.32 Å². The van der Waals surface area contributed by atoms with Crippen molar-refractivity contribution in [2.75, 3.05) is 5.32 Å². The average molecular weight is 251 g/mol. The van der Waals surface area contributed by atoms with Crippen molar-refractivity contribution >= 4 is 5.69 Å². The van der Waals surface area contributed by atoms with Crippen molar-refractivity contribution in [3.63, 3.8) is 0 Å². The Morgan fingerprint density at radius 2 is 1.68 bits per heavy atom. The summed E-state index contributed by atoms with van der Waals surface area (Å²) in [5.74, 6) is 0. The number of aryl methyl sites for hydroxylation is 1. The van der Waals surface area contributed by atoms with Crippen LogP contribution in [0.5, 0.6) is 0 Å². The van der Waals surface area contributed by atoms with Crippen LogP contribution in [0.2, 0.25) is 0 Å². The lowest BCUT2D eigenvalue weighted by molar-refractivity contribution is 0.337. The highest BCUT2D eigenvalue weighted by Crippen LogP contribution is 2.46. The fourth-order valence-corrected chi connectivity index (χ4v) is 3.15. The first-order valence-electron chi connectivity index (χ1n) is 6.98. The fraction of sp³-hybridized carbons (Fsp3) is 0.333. The highest BCUT2D eigenvalue weighted by molar-refractivity contribution is 5.54. The quantitative estimate of drug-likeness (QED) is 0.813. The Bertz CT molecular complexity index is 598. The summed E-state index contributed by atoms with van der Waals surface area (Å²) in [5.41, 5.74) is 5.75. The summed E-state index contributed by atoms with van der Waals surface area (Å²) in [7, 11) is 0. The normalized spacial score (nSPS) is 20.1. The third-order valence-electron chi connectivity index (χ3n) is 4.24. The third kappa shape index (κ3) is 2.14. The minimum absolute atomic E-state index is 0.256. The molecule has 2 aromatic carbocycles. The number of rotatable bonds is 2. The predicted molar refractivity (Wildman–Crippen MR) is 81.5 cm³/mol. The molecule has 1 atom stereocenters. The first kappa shape index (κ1) is 12.3. The molecule has 0 aromatic heterocycles. The first-order valence-corrected chi connectivity index (χ1v) is 6.98. The van der Waals surface area contributed by atoms with E-state index < -0.39 is 0 Å². The van der Waals surface area contributed by atoms with Gasteiger partial charge in [-0.2, -0.15) is 0 Å². The first-order chi connectivity index (χ1) is 9.08. The van der Waals surface area contributed by atoms with Crippen LogP contribution in [0.4, 0.5) is 5.69 Å². The van der Waals surface area contributed by atoms with Crippen LogP contribution in [0.3, 0.4) is 0 Å². The lowest BCUT2D eigenvalue weighted by Crippen LogP contribution is -2.24. The van der Waals surface area contributed by atoms with Crippen molar-refractivity contribution in [2.24, 2.45) is 5.41 Å². The molecule has 1 nitrogen and oxygen atoms in total. The van der Waals surface area contributed by atoms with Gasteiger partial charge in [-0.3, -0.25) is 0 Å². The van der Waals surface area contributed by atoms with Gasteiger partial charge in [-0.15, -0.1) is 0 Å². The van der Waals surface area contributed by atoms with Crippen LogP contribution in [0, 0.1) is 12.3 Å². The van der Waals surface area contributed by atoms with Crippen LogP contribution in [0.25, 0.3) is 0 Å². The molecular weight excluding hydrogens is 230 g/mol. The molecule has 0 saturated heterocycles. The molecule has 0 heterocycles. The molecular formula is C18H21N. The topological polar surface area (TPSA) is 12.0 Å². The van der Waals surface area contributed by atoms with Crippen molar-refractivity contribution < 1.29 is 0 Å². The van der Waals surface area contributed by atoms with Gasteiger partial charge in [0.1, 0.15) is 0 Å². The number of fused-ring (bicyclic) bond motifs is 1. The van der Waals surface area contributed by atoms with Gasteiger partial charge in [0.15, 0.2) is 0 Å². The van der Waals surface area contributed by atoms with Crippen LogP contribution in [0.1, 0.15) is 36.6 Å². The Balaban J connectivity index is 1.98. The molecule has 0 aliphatic heterocycles. The summed E-state index contributed by atoms with van der Waals surface area (Å²) < 4.78 is 0. The lowest BCUT2D eigenvalue weighted by Gasteiger charge is -2.30. The monoisotopic (exact) mass is 251 g/mol. The van der Waals surface area contributed by atoms with E-state index in [0.29, 0.717) is 6.04 Å². The lowest BCUT2D eigenvalue weighted by atomic mass is 9.85. The summed E-state index contributed by atoms with van der Waals surface area (Å²) in [6, 6.07) is 17.7. The van der Waals surface area contributed by atoms with Gasteiger partial charge >= 0.3 is 0 Å². The van der Waals surface area contributed by atoms with E-state index in [9.17, 15) is 0 Å². The van der Waals surface area contributed by atoms with Gasteiger partial charge in [-0.25, -0.2) is 0 Å². The summed E-state index contributed by atoms with van der Waals surface area (Å²) >= 11 is 0. The molecule has 0 radical (unpaired) electrons. The summed E-state index contributed by atoms with van der Waals surface area (Å²) in [6.45, 7) is 6.86. The Hall–Kier alpha value is -1.76. The molecule has 1 heteroatoms. The molecule has 0 saturated carbocycles. The molecule has 1 aliphatic carbocycles. The summed E-state index contributed by atoms with van der Waals surface area (Å²) in [4.78, 5) is 0. The van der Waals surface area contributed by atoms with E-state index >= 15 is 0 Å². The Morgan fingerprint density at radius 3 is 2.47 bits per heavy atom. The third-order valence-corrected chi connectivity index (χ3v) is 4.24. The predicted octanol–water partition coefficient (Wildman–Crippen LogP) is 4.73. The van der Waals surface area contributed by atoms with E-state index in [4.69, 9.17) is 0 Å². The van der Waals surface area contributed by atoms with Crippen molar-refractivity contribution in [3.8, 4) is 0 Å². The zero-order valence-electron chi connectivity index (χ0n) is 11.9. The molecule has 2 aromatic rings. The highest BCUT2D eigenvalue weighted by Gasteiger charge is 2.38. The number of nitrogens with one attached hydrogen (secondary N) is 1. The number of hydrogen-bond donors (Lipinski definition) is 1. The standard InChI is InChI=1S/C18H21N/c1-13-8-4-7-11-16(13)19-17-15-10-6-5-9-14(15)12-18(17,2)3/h4-11,17,19H,12H2,1-3H3. The zero-order valence-corrected chi connectivity index (χ0v) is 11.9. The largest absolute Gasteiger partial charge is 0.377 e. The fourth-order valence-electron chi connectivity index (χ4n) is 3.15. The molecule has 1 unspecified atom stereocenters. The Labute approximate surface area is 115 Å². The SMILES string of the molecule is Cc1ccccc1NC1c2ccccc2CC1(C)C. The maximum atomic E-state index is 3.76. The molecule has 1 N–H and O–H groups in total. The number of para-hydroxylation sites is 1. The second kappa shape index (κ2) is 4.41. The van der Waals surface area contributed by atoms with Crippen LogP contribution >= 0.6 is 0 Å². The van der Waals surface area contributed by atoms with E-state index in [2.05, 4.69) is 74.6 Å². The minimum atomic E-state index is 0.256. The van der Waals surface area contributed by atoms with Gasteiger partial charge in [0, 0.05) is 5.69 Å². The Morgan fingerprint density at radius 1 is 1.00 bits per heavy atom. The molecule has 3 rings (SSSR count). The van der Waals surface area contributed by atoms with Crippen molar-refractivity contribution in [1.82, 2.24) is 0 Å². The number of anilines is 1. The second-order valence-electron chi connectivity index (χ2n) is 6.26. The van der Waals surface area contributed by atoms with E-state index in [1.54, 1.807) is 0 Å². The van der Waals surface area contributed by atoms with Crippen molar-refractivity contribution in [3.05, 3.63) is 65.2 Å². The Kier molecular flexibility index (Phi) is 2.85. The van der Waals surface area contributed by atoms with Gasteiger partial charge in [-0.05, 0) is 41.5 Å². The molecule has 19 heavy (non-hydrogen) atoms. The number of benzene rings is 2. The molecule has 0 bridgehead atoms. The maximum Gasteiger partial charge on any atom is 0.0570 e. The molecule has 0 amide bonds. The second-order valence-corrected chi connectivity index (χ2v) is 6.26. The summed E-state index contributed by atoms with van der Waals surface area (Å²) in [6.07, 6.45) is 1.15. The van der Waals surface area contributed by atoms with Gasteiger partial charge in [0.05, 0.1) is 6.04 Å². The van der Waals surface area contributed by atoms with Gasteiger partial charge in [0.25, 0.3) is 0 Å². The molecule has 0 spiro atoms.